The summed E-state index contributed by atoms with van der Waals surface area (Å²) in [6, 6.07) is 6.31. The van der Waals surface area contributed by atoms with Gasteiger partial charge in [-0.2, -0.15) is 9.61 Å². The lowest BCUT2D eigenvalue weighted by Crippen LogP contribution is -2.26. The van der Waals surface area contributed by atoms with Gasteiger partial charge in [0.25, 0.3) is 5.91 Å². The van der Waals surface area contributed by atoms with E-state index in [1.54, 1.807) is 7.11 Å². The number of hydrogen-bond acceptors (Lipinski definition) is 7. The number of methoxy groups -OCH3 is 1. The SMILES string of the molecule is CCCc1c(NCCOC)nc2c(-c3ccc(C(=O)NC4CC4)c(C)c3)cnn2c1NCC1CCOCC1. The summed E-state index contributed by atoms with van der Waals surface area (Å²) >= 11 is 0. The fraction of sp³-hybridized carbons (Fsp3) is 0.552. The van der Waals surface area contributed by atoms with Crippen molar-refractivity contribution in [2.24, 2.45) is 5.92 Å². The van der Waals surface area contributed by atoms with E-state index in [2.05, 4.69) is 28.9 Å². The normalized spacial score (nSPS) is 16.1. The van der Waals surface area contributed by atoms with Crippen LogP contribution in [0.2, 0.25) is 0 Å². The molecule has 2 aliphatic rings. The first kappa shape index (κ1) is 26.4. The van der Waals surface area contributed by atoms with Crippen LogP contribution in [0, 0.1) is 12.8 Å². The van der Waals surface area contributed by atoms with Crippen molar-refractivity contribution >= 4 is 23.2 Å². The minimum absolute atomic E-state index is 0.00275. The molecule has 1 aliphatic heterocycles. The van der Waals surface area contributed by atoms with Gasteiger partial charge in [0.15, 0.2) is 5.65 Å². The van der Waals surface area contributed by atoms with Crippen LogP contribution in [0.1, 0.15) is 60.5 Å². The number of rotatable bonds is 12. The summed E-state index contributed by atoms with van der Waals surface area (Å²) in [5.41, 5.74) is 5.52. The molecule has 5 rings (SSSR count). The molecule has 0 atom stereocenters. The van der Waals surface area contributed by atoms with Crippen molar-refractivity contribution in [2.45, 2.75) is 58.4 Å². The van der Waals surface area contributed by atoms with E-state index in [9.17, 15) is 4.79 Å². The average molecular weight is 521 g/mol. The fourth-order valence-corrected chi connectivity index (χ4v) is 5.08. The highest BCUT2D eigenvalue weighted by Crippen LogP contribution is 2.33. The van der Waals surface area contributed by atoms with Crippen LogP contribution in [-0.2, 0) is 15.9 Å². The monoisotopic (exact) mass is 520 g/mol. The maximum atomic E-state index is 12.7. The summed E-state index contributed by atoms with van der Waals surface area (Å²) in [5, 5.41) is 15.2. The van der Waals surface area contributed by atoms with Crippen molar-refractivity contribution in [2.75, 3.05) is 50.7 Å². The Bertz CT molecular complexity index is 1260. The van der Waals surface area contributed by atoms with Gasteiger partial charge in [-0.15, -0.1) is 0 Å². The highest BCUT2D eigenvalue weighted by molar-refractivity contribution is 5.97. The van der Waals surface area contributed by atoms with E-state index in [-0.39, 0.29) is 5.91 Å². The highest BCUT2D eigenvalue weighted by Gasteiger charge is 2.25. The second-order valence-electron chi connectivity index (χ2n) is 10.5. The number of aromatic nitrogens is 3. The Kier molecular flexibility index (Phi) is 8.44. The molecular weight excluding hydrogens is 480 g/mol. The summed E-state index contributed by atoms with van der Waals surface area (Å²) in [7, 11) is 1.71. The predicted molar refractivity (Wildman–Crippen MR) is 150 cm³/mol. The van der Waals surface area contributed by atoms with E-state index in [1.807, 2.05) is 29.8 Å². The Morgan fingerprint density at radius 1 is 1.18 bits per heavy atom. The first-order valence-electron chi connectivity index (χ1n) is 14.0. The topological polar surface area (TPSA) is 102 Å². The molecule has 0 radical (unpaired) electrons. The van der Waals surface area contributed by atoms with E-state index in [0.717, 1.165) is 103 Å². The van der Waals surface area contributed by atoms with Crippen LogP contribution in [0.15, 0.2) is 24.4 Å². The molecule has 1 amide bonds. The fourth-order valence-electron chi connectivity index (χ4n) is 5.08. The molecule has 3 heterocycles. The molecule has 1 saturated carbocycles. The molecule has 2 aromatic heterocycles. The van der Waals surface area contributed by atoms with E-state index >= 15 is 0 Å². The van der Waals surface area contributed by atoms with Crippen LogP contribution in [0.4, 0.5) is 11.6 Å². The van der Waals surface area contributed by atoms with E-state index in [1.165, 1.54) is 0 Å². The number of amides is 1. The summed E-state index contributed by atoms with van der Waals surface area (Å²) in [5.74, 6) is 2.43. The van der Waals surface area contributed by atoms with Gasteiger partial charge in [-0.05, 0) is 62.1 Å². The maximum absolute atomic E-state index is 12.7. The van der Waals surface area contributed by atoms with Crippen molar-refractivity contribution < 1.29 is 14.3 Å². The number of ether oxygens (including phenoxy) is 2. The molecule has 1 saturated heterocycles. The van der Waals surface area contributed by atoms with E-state index in [0.29, 0.717) is 25.1 Å². The molecular formula is C29H40N6O3. The Hall–Kier alpha value is -3.17. The number of carbonyl (C=O) groups excluding carboxylic acids is 1. The highest BCUT2D eigenvalue weighted by atomic mass is 16.5. The lowest BCUT2D eigenvalue weighted by Gasteiger charge is -2.24. The Labute approximate surface area is 224 Å². The van der Waals surface area contributed by atoms with Crippen molar-refractivity contribution in [3.8, 4) is 11.1 Å². The minimum Gasteiger partial charge on any atom is -0.383 e. The number of benzene rings is 1. The van der Waals surface area contributed by atoms with Gasteiger partial charge in [-0.25, -0.2) is 4.98 Å². The van der Waals surface area contributed by atoms with Crippen LogP contribution >= 0.6 is 0 Å². The molecule has 3 aromatic rings. The molecule has 2 fully saturated rings. The van der Waals surface area contributed by atoms with Crippen molar-refractivity contribution in [1.82, 2.24) is 19.9 Å². The van der Waals surface area contributed by atoms with Gasteiger partial charge in [0.2, 0.25) is 0 Å². The Balaban J connectivity index is 1.52. The molecule has 9 heteroatoms. The first-order valence-corrected chi connectivity index (χ1v) is 14.0. The van der Waals surface area contributed by atoms with Crippen molar-refractivity contribution in [3.05, 3.63) is 41.1 Å². The van der Waals surface area contributed by atoms with Crippen LogP contribution in [0.25, 0.3) is 16.8 Å². The molecule has 0 spiro atoms. The summed E-state index contributed by atoms with van der Waals surface area (Å²) < 4.78 is 12.8. The smallest absolute Gasteiger partial charge is 0.251 e. The minimum atomic E-state index is 0.00275. The van der Waals surface area contributed by atoms with Gasteiger partial charge in [0.05, 0.1) is 12.8 Å². The second-order valence-corrected chi connectivity index (χ2v) is 10.5. The summed E-state index contributed by atoms with van der Waals surface area (Å²) in [4.78, 5) is 17.8. The van der Waals surface area contributed by atoms with E-state index in [4.69, 9.17) is 19.6 Å². The third kappa shape index (κ3) is 5.94. The first-order chi connectivity index (χ1) is 18.6. The van der Waals surface area contributed by atoms with Gasteiger partial charge < -0.3 is 25.4 Å². The zero-order valence-electron chi connectivity index (χ0n) is 22.8. The molecule has 1 aromatic carbocycles. The lowest BCUT2D eigenvalue weighted by molar-refractivity contribution is 0.0699. The Morgan fingerprint density at radius 3 is 2.71 bits per heavy atom. The number of aryl methyl sites for hydroxylation is 1. The molecule has 38 heavy (non-hydrogen) atoms. The number of anilines is 2. The van der Waals surface area contributed by atoms with Gasteiger partial charge >= 0.3 is 0 Å². The van der Waals surface area contributed by atoms with Crippen LogP contribution in [-0.4, -0.2) is 66.6 Å². The third-order valence-electron chi connectivity index (χ3n) is 7.44. The number of nitrogens with zero attached hydrogens (tertiary/aromatic N) is 3. The number of hydrogen-bond donors (Lipinski definition) is 3. The van der Waals surface area contributed by atoms with Gasteiger partial charge in [0, 0.05) is 56.1 Å². The van der Waals surface area contributed by atoms with Gasteiger partial charge in [-0.1, -0.05) is 25.5 Å². The number of nitrogens with one attached hydrogen (secondary N) is 3. The number of fused-ring (bicyclic) bond motifs is 1. The van der Waals surface area contributed by atoms with E-state index < -0.39 is 0 Å². The number of carbonyl (C=O) groups is 1. The van der Waals surface area contributed by atoms with Crippen LogP contribution in [0.5, 0.6) is 0 Å². The summed E-state index contributed by atoms with van der Waals surface area (Å²) in [6.45, 7) is 7.96. The lowest BCUT2D eigenvalue weighted by atomic mass is 10.00. The molecule has 9 nitrogen and oxygen atoms in total. The molecule has 204 valence electrons. The average Bonchev–Trinajstić information content (AvgIpc) is 3.64. The quantitative estimate of drug-likeness (QED) is 0.303. The van der Waals surface area contributed by atoms with Crippen LogP contribution < -0.4 is 16.0 Å². The third-order valence-corrected chi connectivity index (χ3v) is 7.44. The van der Waals surface area contributed by atoms with Gasteiger partial charge in [0.1, 0.15) is 11.6 Å². The zero-order chi connectivity index (χ0) is 26.5. The molecule has 1 aliphatic carbocycles. The van der Waals surface area contributed by atoms with Gasteiger partial charge in [-0.3, -0.25) is 4.79 Å². The molecule has 0 bridgehead atoms. The second kappa shape index (κ2) is 12.1. The van der Waals surface area contributed by atoms with Crippen molar-refractivity contribution in [1.29, 1.82) is 0 Å². The van der Waals surface area contributed by atoms with Crippen LogP contribution in [0.3, 0.4) is 0 Å². The maximum Gasteiger partial charge on any atom is 0.251 e. The standard InChI is InChI=1S/C29H40N6O3/c1-4-5-24-26(30-12-15-37-3)34-28-25(18-32-35(28)27(24)31-17-20-10-13-38-14-11-20)21-6-9-23(19(2)16-21)29(36)33-22-7-8-22/h6,9,16,18,20,22,31H,4-5,7-8,10-15,17H2,1-3H3,(H,30,34)(H,33,36). The zero-order valence-corrected chi connectivity index (χ0v) is 22.8. The molecule has 3 N–H and O–H groups in total. The van der Waals surface area contributed by atoms with Crippen molar-refractivity contribution in [3.63, 3.8) is 0 Å². The largest absolute Gasteiger partial charge is 0.383 e. The Morgan fingerprint density at radius 2 is 2.00 bits per heavy atom. The molecule has 0 unspecified atom stereocenters. The predicted octanol–water partition coefficient (Wildman–Crippen LogP) is 4.45. The summed E-state index contributed by atoms with van der Waals surface area (Å²) in [6.07, 6.45) is 8.03.